The summed E-state index contributed by atoms with van der Waals surface area (Å²) in [4.78, 5) is 20.9. The topological polar surface area (TPSA) is 86.4 Å². The highest BCUT2D eigenvalue weighted by atomic mass is 16.5. The van der Waals surface area contributed by atoms with Crippen LogP contribution in [0.3, 0.4) is 0 Å². The number of hydrogen-bond donors (Lipinski definition) is 2. The normalized spacial score (nSPS) is 17.8. The molecule has 146 valence electrons. The summed E-state index contributed by atoms with van der Waals surface area (Å²) in [6.45, 7) is 5.36. The average molecular weight is 372 g/mol. The summed E-state index contributed by atoms with van der Waals surface area (Å²) >= 11 is 0. The molecule has 1 aliphatic rings. The summed E-state index contributed by atoms with van der Waals surface area (Å²) in [7, 11) is 4.08. The Bertz CT molecular complexity index is 743. The van der Waals surface area contributed by atoms with Crippen LogP contribution in [-0.4, -0.2) is 78.0 Å². The molecule has 1 atom stereocenters. The monoisotopic (exact) mass is 372 g/mol. The minimum Gasteiger partial charge on any atom is -0.379 e. The van der Waals surface area contributed by atoms with Crippen molar-refractivity contribution >= 4 is 11.7 Å². The van der Waals surface area contributed by atoms with E-state index in [1.54, 1.807) is 0 Å². The molecule has 8 nitrogen and oxygen atoms in total. The molecular weight excluding hydrogens is 344 g/mol. The van der Waals surface area contributed by atoms with Gasteiger partial charge in [0, 0.05) is 37.7 Å². The Labute approximate surface area is 159 Å². The van der Waals surface area contributed by atoms with Gasteiger partial charge >= 0.3 is 6.03 Å². The van der Waals surface area contributed by atoms with Crippen molar-refractivity contribution in [1.82, 2.24) is 25.0 Å². The third kappa shape index (κ3) is 5.77. The Morgan fingerprint density at radius 3 is 2.81 bits per heavy atom. The Balaban J connectivity index is 1.56. The van der Waals surface area contributed by atoms with Gasteiger partial charge in [0.1, 0.15) is 5.82 Å². The van der Waals surface area contributed by atoms with E-state index in [4.69, 9.17) is 4.74 Å². The molecule has 0 aliphatic carbocycles. The van der Waals surface area contributed by atoms with E-state index in [9.17, 15) is 4.79 Å². The summed E-state index contributed by atoms with van der Waals surface area (Å²) in [5, 5.41) is 9.99. The first-order chi connectivity index (χ1) is 13.0. The highest BCUT2D eigenvalue weighted by Gasteiger charge is 2.23. The number of aryl methyl sites for hydroxylation is 1. The zero-order valence-electron chi connectivity index (χ0n) is 16.2. The summed E-state index contributed by atoms with van der Waals surface area (Å²) in [6.07, 6.45) is 0.661. The number of carbonyl (C=O) groups is 1. The molecule has 0 spiro atoms. The van der Waals surface area contributed by atoms with Crippen molar-refractivity contribution in [3.63, 3.8) is 0 Å². The number of urea groups is 1. The first-order valence-corrected chi connectivity index (χ1v) is 9.25. The van der Waals surface area contributed by atoms with E-state index in [1.807, 2.05) is 50.2 Å². The molecule has 1 aromatic carbocycles. The van der Waals surface area contributed by atoms with Gasteiger partial charge in [-0.25, -0.2) is 9.78 Å². The van der Waals surface area contributed by atoms with Crippen molar-refractivity contribution in [2.24, 2.45) is 5.92 Å². The zero-order valence-corrected chi connectivity index (χ0v) is 16.2. The minimum atomic E-state index is -0.0819. The fourth-order valence-corrected chi connectivity index (χ4v) is 3.25. The van der Waals surface area contributed by atoms with E-state index in [1.165, 1.54) is 0 Å². The van der Waals surface area contributed by atoms with Crippen LogP contribution in [0.2, 0.25) is 0 Å². The van der Waals surface area contributed by atoms with Crippen LogP contribution >= 0.6 is 0 Å². The summed E-state index contributed by atoms with van der Waals surface area (Å²) in [6, 6.07) is 7.72. The number of anilines is 1. The Kier molecular flexibility index (Phi) is 6.41. The van der Waals surface area contributed by atoms with E-state index >= 15 is 0 Å². The molecule has 1 unspecified atom stereocenters. The second-order valence-electron chi connectivity index (χ2n) is 7.29. The van der Waals surface area contributed by atoms with Crippen LogP contribution in [0.25, 0.3) is 0 Å². The fourth-order valence-electron chi connectivity index (χ4n) is 3.25. The van der Waals surface area contributed by atoms with Gasteiger partial charge in [0.05, 0.1) is 13.2 Å². The van der Waals surface area contributed by atoms with Gasteiger partial charge in [-0.2, -0.15) is 5.10 Å². The number of amides is 2. The lowest BCUT2D eigenvalue weighted by molar-refractivity contribution is 0.112. The Hall–Kier alpha value is -2.45. The standard InChI is InChI=1S/C19H28N6O2/c1-14-20-18(23-22-14)10-15-4-6-17(7-5-15)21-19(26)25-8-9-27-13-16(12-25)11-24(2)3/h4-7,16H,8-13H2,1-3H3,(H,21,26)(H,20,22,23). The minimum absolute atomic E-state index is 0.0819. The molecule has 2 heterocycles. The smallest absolute Gasteiger partial charge is 0.321 e. The predicted molar refractivity (Wildman–Crippen MR) is 104 cm³/mol. The fraction of sp³-hybridized carbons (Fsp3) is 0.526. The number of nitrogens with one attached hydrogen (secondary N) is 2. The number of carbonyl (C=O) groups excluding carboxylic acids is 1. The van der Waals surface area contributed by atoms with Crippen LogP contribution in [0.15, 0.2) is 24.3 Å². The van der Waals surface area contributed by atoms with Gasteiger partial charge in [-0.1, -0.05) is 12.1 Å². The van der Waals surface area contributed by atoms with Crippen LogP contribution in [0.5, 0.6) is 0 Å². The maximum absolute atomic E-state index is 12.7. The number of rotatable bonds is 5. The number of benzene rings is 1. The first-order valence-electron chi connectivity index (χ1n) is 9.25. The second kappa shape index (κ2) is 8.96. The molecule has 27 heavy (non-hydrogen) atoms. The molecule has 8 heteroatoms. The van der Waals surface area contributed by atoms with Gasteiger partial charge in [0.15, 0.2) is 5.82 Å². The van der Waals surface area contributed by atoms with Crippen LogP contribution in [0.4, 0.5) is 10.5 Å². The van der Waals surface area contributed by atoms with Crippen molar-refractivity contribution in [2.75, 3.05) is 52.3 Å². The highest BCUT2D eigenvalue weighted by Crippen LogP contribution is 2.14. The van der Waals surface area contributed by atoms with E-state index in [2.05, 4.69) is 25.4 Å². The third-order valence-corrected chi connectivity index (χ3v) is 4.46. The summed E-state index contributed by atoms with van der Waals surface area (Å²) < 4.78 is 5.65. The number of aromatic nitrogens is 3. The molecule has 1 fully saturated rings. The molecular formula is C19H28N6O2. The number of nitrogens with zero attached hydrogens (tertiary/aromatic N) is 4. The molecule has 1 aromatic heterocycles. The number of ether oxygens (including phenoxy) is 1. The van der Waals surface area contributed by atoms with Crippen LogP contribution in [0.1, 0.15) is 17.2 Å². The van der Waals surface area contributed by atoms with E-state index < -0.39 is 0 Å². The third-order valence-electron chi connectivity index (χ3n) is 4.46. The highest BCUT2D eigenvalue weighted by molar-refractivity contribution is 5.89. The Morgan fingerprint density at radius 1 is 1.37 bits per heavy atom. The van der Waals surface area contributed by atoms with Gasteiger partial charge in [0.25, 0.3) is 0 Å². The van der Waals surface area contributed by atoms with E-state index in [0.717, 1.165) is 29.4 Å². The summed E-state index contributed by atoms with van der Waals surface area (Å²) in [5.41, 5.74) is 1.88. The van der Waals surface area contributed by atoms with E-state index in [-0.39, 0.29) is 6.03 Å². The second-order valence-corrected chi connectivity index (χ2v) is 7.29. The van der Waals surface area contributed by atoms with Crippen molar-refractivity contribution in [1.29, 1.82) is 0 Å². The first kappa shape index (κ1) is 19.3. The van der Waals surface area contributed by atoms with Crippen LogP contribution in [0, 0.1) is 12.8 Å². The molecule has 2 N–H and O–H groups in total. The zero-order chi connectivity index (χ0) is 19.2. The van der Waals surface area contributed by atoms with Gasteiger partial charge in [-0.05, 0) is 38.7 Å². The molecule has 0 saturated carbocycles. The lowest BCUT2D eigenvalue weighted by Crippen LogP contribution is -2.41. The molecule has 0 radical (unpaired) electrons. The quantitative estimate of drug-likeness (QED) is 0.835. The van der Waals surface area contributed by atoms with Crippen LogP contribution < -0.4 is 5.32 Å². The number of aromatic amines is 1. The van der Waals surface area contributed by atoms with Crippen molar-refractivity contribution < 1.29 is 9.53 Å². The molecule has 1 aliphatic heterocycles. The molecule has 1 saturated heterocycles. The van der Waals surface area contributed by atoms with Crippen molar-refractivity contribution in [3.8, 4) is 0 Å². The predicted octanol–water partition coefficient (Wildman–Crippen LogP) is 1.75. The van der Waals surface area contributed by atoms with Gasteiger partial charge in [-0.15, -0.1) is 0 Å². The number of hydrogen-bond acceptors (Lipinski definition) is 5. The number of H-pyrrole nitrogens is 1. The van der Waals surface area contributed by atoms with Crippen molar-refractivity contribution in [2.45, 2.75) is 13.3 Å². The average Bonchev–Trinajstić information content (AvgIpc) is 2.89. The molecule has 0 bridgehead atoms. The van der Waals surface area contributed by atoms with Gasteiger partial charge in [0.2, 0.25) is 0 Å². The lowest BCUT2D eigenvalue weighted by Gasteiger charge is -2.25. The Morgan fingerprint density at radius 2 is 2.15 bits per heavy atom. The van der Waals surface area contributed by atoms with Gasteiger partial charge in [-0.3, -0.25) is 5.10 Å². The van der Waals surface area contributed by atoms with Crippen molar-refractivity contribution in [3.05, 3.63) is 41.5 Å². The maximum Gasteiger partial charge on any atom is 0.321 e. The molecule has 2 aromatic rings. The molecule has 3 rings (SSSR count). The lowest BCUT2D eigenvalue weighted by atomic mass is 10.1. The molecule has 2 amide bonds. The maximum atomic E-state index is 12.7. The van der Waals surface area contributed by atoms with E-state index in [0.29, 0.717) is 38.6 Å². The largest absolute Gasteiger partial charge is 0.379 e. The summed E-state index contributed by atoms with van der Waals surface area (Å²) in [5.74, 6) is 1.89. The SMILES string of the molecule is Cc1nc(Cc2ccc(NC(=O)N3CCOCC(CN(C)C)C3)cc2)n[nH]1. The van der Waals surface area contributed by atoms with Gasteiger partial charge < -0.3 is 19.9 Å². The van der Waals surface area contributed by atoms with Crippen LogP contribution in [-0.2, 0) is 11.2 Å².